The van der Waals surface area contributed by atoms with Crippen molar-refractivity contribution >= 4 is 34.0 Å². The number of methoxy groups -OCH3 is 1. The number of piperidine rings is 1. The highest BCUT2D eigenvalue weighted by molar-refractivity contribution is 7.15. The number of rotatable bonds is 6. The first-order chi connectivity index (χ1) is 13.2. The predicted octanol–water partition coefficient (Wildman–Crippen LogP) is 0.903. The maximum atomic E-state index is 12.5. The van der Waals surface area contributed by atoms with Crippen LogP contribution in [0.1, 0.15) is 48.5 Å². The lowest BCUT2D eigenvalue weighted by atomic mass is 10.0. The molecule has 1 aliphatic rings. The van der Waals surface area contributed by atoms with Crippen LogP contribution >= 0.6 is 22.9 Å². The zero-order chi connectivity index (χ0) is 20.5. The van der Waals surface area contributed by atoms with Gasteiger partial charge in [-0.05, 0) is 26.7 Å². The molecule has 0 saturated carbocycles. The minimum atomic E-state index is -1.02. The SMILES string of the molecule is CCc1[nH]c(C(=O)N[C@@H]2CCN(c3nnc(C(C)(C)O)s3)C[C@@H]2OC)nc1Cl.O. The minimum Gasteiger partial charge on any atom is -0.412 e. The fourth-order valence-corrected chi connectivity index (χ4v) is 4.20. The number of aromatic nitrogens is 4. The summed E-state index contributed by atoms with van der Waals surface area (Å²) < 4.78 is 5.61. The molecule has 29 heavy (non-hydrogen) atoms. The van der Waals surface area contributed by atoms with Crippen LogP contribution in [0.25, 0.3) is 0 Å². The lowest BCUT2D eigenvalue weighted by Gasteiger charge is -2.37. The lowest BCUT2D eigenvalue weighted by molar-refractivity contribution is 0.0538. The molecule has 3 rings (SSSR count). The van der Waals surface area contributed by atoms with E-state index < -0.39 is 5.60 Å². The summed E-state index contributed by atoms with van der Waals surface area (Å²) in [6.07, 6.45) is 1.13. The molecule has 1 fully saturated rings. The van der Waals surface area contributed by atoms with Crippen LogP contribution in [0.15, 0.2) is 0 Å². The molecule has 0 unspecified atom stereocenters. The van der Waals surface area contributed by atoms with Gasteiger partial charge in [0.15, 0.2) is 11.0 Å². The number of nitrogens with zero attached hydrogens (tertiary/aromatic N) is 4. The van der Waals surface area contributed by atoms with E-state index in [4.69, 9.17) is 16.3 Å². The van der Waals surface area contributed by atoms with Crippen molar-refractivity contribution in [3.8, 4) is 0 Å². The first kappa shape index (κ1) is 23.5. The minimum absolute atomic E-state index is 0. The Morgan fingerprint density at radius 3 is 2.76 bits per heavy atom. The summed E-state index contributed by atoms with van der Waals surface area (Å²) in [5.74, 6) is -0.0968. The molecule has 3 heterocycles. The van der Waals surface area contributed by atoms with Crippen LogP contribution in [-0.4, -0.2) is 69.0 Å². The molecule has 1 aliphatic heterocycles. The normalized spacial score (nSPS) is 19.7. The number of amides is 1. The molecule has 162 valence electrons. The maximum absolute atomic E-state index is 12.5. The second-order valence-electron chi connectivity index (χ2n) is 7.25. The highest BCUT2D eigenvalue weighted by atomic mass is 35.5. The molecule has 0 aliphatic carbocycles. The molecule has 0 radical (unpaired) electrons. The number of aromatic amines is 1. The van der Waals surface area contributed by atoms with Crippen LogP contribution in [-0.2, 0) is 16.8 Å². The third-order valence-corrected chi connectivity index (χ3v) is 6.29. The molecule has 12 heteroatoms. The number of carbonyl (C=O) groups excluding carboxylic acids is 1. The predicted molar refractivity (Wildman–Crippen MR) is 111 cm³/mol. The summed E-state index contributed by atoms with van der Waals surface area (Å²) in [5.41, 5.74) is -0.284. The number of aryl methyl sites for hydroxylation is 1. The molecule has 2 aromatic rings. The van der Waals surface area contributed by atoms with Gasteiger partial charge in [-0.25, -0.2) is 4.98 Å². The van der Waals surface area contributed by atoms with Gasteiger partial charge >= 0.3 is 0 Å². The zero-order valence-corrected chi connectivity index (χ0v) is 18.4. The fourth-order valence-electron chi connectivity index (χ4n) is 3.05. The average Bonchev–Trinajstić information content (AvgIpc) is 3.28. The first-order valence-electron chi connectivity index (χ1n) is 9.12. The monoisotopic (exact) mass is 446 g/mol. The molecule has 1 amide bonds. The van der Waals surface area contributed by atoms with Crippen LogP contribution < -0.4 is 10.2 Å². The van der Waals surface area contributed by atoms with Gasteiger partial charge in [-0.1, -0.05) is 29.9 Å². The topological polar surface area (TPSA) is 148 Å². The molecule has 10 nitrogen and oxygen atoms in total. The van der Waals surface area contributed by atoms with Crippen molar-refractivity contribution in [1.29, 1.82) is 0 Å². The van der Waals surface area contributed by atoms with Gasteiger partial charge in [-0.3, -0.25) is 4.79 Å². The Hall–Kier alpha value is -1.79. The van der Waals surface area contributed by atoms with Crippen LogP contribution in [0.5, 0.6) is 0 Å². The van der Waals surface area contributed by atoms with Crippen molar-refractivity contribution in [3.63, 3.8) is 0 Å². The van der Waals surface area contributed by atoms with Crippen molar-refractivity contribution in [2.45, 2.75) is 51.4 Å². The first-order valence-corrected chi connectivity index (χ1v) is 10.3. The van der Waals surface area contributed by atoms with Gasteiger partial charge in [0.25, 0.3) is 5.91 Å². The molecule has 1 saturated heterocycles. The highest BCUT2D eigenvalue weighted by Gasteiger charge is 2.33. The second-order valence-corrected chi connectivity index (χ2v) is 8.56. The van der Waals surface area contributed by atoms with E-state index in [1.165, 1.54) is 11.3 Å². The van der Waals surface area contributed by atoms with E-state index in [1.54, 1.807) is 21.0 Å². The molecule has 0 spiro atoms. The number of carbonyl (C=O) groups is 1. The Labute approximate surface area is 178 Å². The maximum Gasteiger partial charge on any atom is 0.287 e. The number of H-pyrrole nitrogens is 1. The summed E-state index contributed by atoms with van der Waals surface area (Å²) in [6.45, 7) is 6.55. The van der Waals surface area contributed by atoms with Gasteiger partial charge in [0.1, 0.15) is 10.6 Å². The third kappa shape index (κ3) is 5.23. The number of halogens is 1. The van der Waals surface area contributed by atoms with Gasteiger partial charge in [0.05, 0.1) is 17.8 Å². The van der Waals surface area contributed by atoms with E-state index in [-0.39, 0.29) is 29.4 Å². The molecular weight excluding hydrogens is 420 g/mol. The van der Waals surface area contributed by atoms with Crippen LogP contribution in [0.4, 0.5) is 5.13 Å². The molecular formula is C17H27ClN6O4S. The largest absolute Gasteiger partial charge is 0.412 e. The number of ether oxygens (including phenoxy) is 1. The van der Waals surface area contributed by atoms with Gasteiger partial charge in [0, 0.05) is 20.2 Å². The number of hydrogen-bond donors (Lipinski definition) is 3. The molecule has 2 atom stereocenters. The van der Waals surface area contributed by atoms with Crippen molar-refractivity contribution in [2.24, 2.45) is 0 Å². The van der Waals surface area contributed by atoms with E-state index >= 15 is 0 Å². The van der Waals surface area contributed by atoms with Gasteiger partial charge in [-0.2, -0.15) is 0 Å². The third-order valence-electron chi connectivity index (χ3n) is 4.68. The Morgan fingerprint density at radius 1 is 1.48 bits per heavy atom. The van der Waals surface area contributed by atoms with Crippen molar-refractivity contribution in [2.75, 3.05) is 25.1 Å². The number of anilines is 1. The summed E-state index contributed by atoms with van der Waals surface area (Å²) in [4.78, 5) is 21.6. The number of aliphatic hydroxyl groups is 1. The highest BCUT2D eigenvalue weighted by Crippen LogP contribution is 2.30. The Balaban J connectivity index is 0.00000300. The lowest BCUT2D eigenvalue weighted by Crippen LogP contribution is -2.55. The Bertz CT molecular complexity index is 836. The summed E-state index contributed by atoms with van der Waals surface area (Å²) in [6, 6.07) is -0.163. The van der Waals surface area contributed by atoms with Crippen molar-refractivity contribution in [3.05, 3.63) is 21.7 Å². The van der Waals surface area contributed by atoms with Crippen LogP contribution in [0, 0.1) is 0 Å². The summed E-state index contributed by atoms with van der Waals surface area (Å²) >= 11 is 7.38. The Kier molecular flexibility index (Phi) is 7.57. The molecule has 2 aromatic heterocycles. The molecule has 5 N–H and O–H groups in total. The van der Waals surface area contributed by atoms with Gasteiger partial charge < -0.3 is 30.5 Å². The van der Waals surface area contributed by atoms with Crippen LogP contribution in [0.3, 0.4) is 0 Å². The number of hydrogen-bond acceptors (Lipinski definition) is 8. The van der Waals surface area contributed by atoms with E-state index in [9.17, 15) is 9.90 Å². The summed E-state index contributed by atoms with van der Waals surface area (Å²) in [5, 5.41) is 23.0. The number of imidazole rings is 1. The average molecular weight is 447 g/mol. The molecule has 0 aromatic carbocycles. The molecule has 0 bridgehead atoms. The van der Waals surface area contributed by atoms with Crippen molar-refractivity contribution < 1.29 is 20.1 Å². The van der Waals surface area contributed by atoms with Crippen LogP contribution in [0.2, 0.25) is 5.15 Å². The van der Waals surface area contributed by atoms with E-state index in [0.29, 0.717) is 36.1 Å². The summed E-state index contributed by atoms with van der Waals surface area (Å²) in [7, 11) is 1.62. The van der Waals surface area contributed by atoms with E-state index in [1.807, 2.05) is 6.92 Å². The fraction of sp³-hybridized carbons (Fsp3) is 0.647. The Morgan fingerprint density at radius 2 is 2.21 bits per heavy atom. The van der Waals surface area contributed by atoms with Crippen molar-refractivity contribution in [1.82, 2.24) is 25.5 Å². The smallest absolute Gasteiger partial charge is 0.287 e. The second kappa shape index (κ2) is 9.35. The standard InChI is InChI=1S/C17H25ClN6O3S.H2O/c1-5-9-12(18)21-13(19-9)14(25)20-10-6-7-24(8-11(10)27-4)16-23-22-15(28-16)17(2,3)26;/h10-11,26H,5-8H2,1-4H3,(H,19,21)(H,20,25);1H2/t10-,11+;/m1./s1. The number of nitrogens with one attached hydrogen (secondary N) is 2. The van der Waals surface area contributed by atoms with Gasteiger partial charge in [-0.15, -0.1) is 10.2 Å². The van der Waals surface area contributed by atoms with E-state index in [2.05, 4.69) is 30.4 Å². The van der Waals surface area contributed by atoms with Gasteiger partial charge in [0.2, 0.25) is 5.13 Å². The van der Waals surface area contributed by atoms with E-state index in [0.717, 1.165) is 10.8 Å². The zero-order valence-electron chi connectivity index (χ0n) is 16.8. The quantitative estimate of drug-likeness (QED) is 0.596.